The van der Waals surface area contributed by atoms with Crippen molar-refractivity contribution in [1.29, 1.82) is 5.26 Å². The van der Waals surface area contributed by atoms with E-state index < -0.39 is 17.9 Å². The van der Waals surface area contributed by atoms with Crippen molar-refractivity contribution in [2.45, 2.75) is 18.4 Å². The fourth-order valence-electron chi connectivity index (χ4n) is 3.19. The number of amides is 1. The van der Waals surface area contributed by atoms with Crippen LogP contribution in [0.25, 0.3) is 0 Å². The first-order chi connectivity index (χ1) is 14.1. The SMILES string of the molecule is N#Cc1ccc(CC(NC(=O)C(c2ccccc2)c2ccccc2)C(=O)O)cc1. The van der Waals surface area contributed by atoms with Crippen LogP contribution in [0.4, 0.5) is 0 Å². The number of carbonyl (C=O) groups excluding carboxylic acids is 1. The normalized spacial score (nSPS) is 11.4. The van der Waals surface area contributed by atoms with Gasteiger partial charge >= 0.3 is 5.97 Å². The molecule has 0 aromatic heterocycles. The van der Waals surface area contributed by atoms with Gasteiger partial charge in [0, 0.05) is 6.42 Å². The second kappa shape index (κ2) is 9.34. The number of hydrogen-bond donors (Lipinski definition) is 2. The molecule has 1 amide bonds. The summed E-state index contributed by atoms with van der Waals surface area (Å²) in [5, 5.41) is 21.2. The highest BCUT2D eigenvalue weighted by atomic mass is 16.4. The van der Waals surface area contributed by atoms with Crippen LogP contribution >= 0.6 is 0 Å². The van der Waals surface area contributed by atoms with Gasteiger partial charge in [-0.25, -0.2) is 4.79 Å². The summed E-state index contributed by atoms with van der Waals surface area (Å²) in [5.41, 5.74) is 2.81. The van der Waals surface area contributed by atoms with Gasteiger partial charge in [0.1, 0.15) is 6.04 Å². The lowest BCUT2D eigenvalue weighted by atomic mass is 9.90. The molecule has 0 fully saturated rings. The van der Waals surface area contributed by atoms with E-state index in [1.807, 2.05) is 66.7 Å². The summed E-state index contributed by atoms with van der Waals surface area (Å²) in [6.07, 6.45) is 0.128. The molecular formula is C24H20N2O3. The summed E-state index contributed by atoms with van der Waals surface area (Å²) in [6, 6.07) is 26.2. The second-order valence-corrected chi connectivity index (χ2v) is 6.67. The third-order valence-corrected chi connectivity index (χ3v) is 4.67. The molecular weight excluding hydrogens is 364 g/mol. The number of carbonyl (C=O) groups is 2. The van der Waals surface area contributed by atoms with Gasteiger partial charge in [0.05, 0.1) is 17.6 Å². The standard InChI is InChI=1S/C24H20N2O3/c25-16-18-13-11-17(12-14-18)15-21(24(28)29)26-23(27)22(19-7-3-1-4-8-19)20-9-5-2-6-10-20/h1-14,21-22H,15H2,(H,26,27)(H,28,29). The predicted octanol–water partition coefficient (Wildman–Crippen LogP) is 3.50. The molecule has 0 aliphatic carbocycles. The van der Waals surface area contributed by atoms with E-state index in [9.17, 15) is 14.7 Å². The lowest BCUT2D eigenvalue weighted by Crippen LogP contribution is -2.44. The zero-order valence-corrected chi connectivity index (χ0v) is 15.7. The number of nitrogens with one attached hydrogen (secondary N) is 1. The summed E-state index contributed by atoms with van der Waals surface area (Å²) in [7, 11) is 0. The summed E-state index contributed by atoms with van der Waals surface area (Å²) in [6.45, 7) is 0. The van der Waals surface area contributed by atoms with Crippen molar-refractivity contribution in [1.82, 2.24) is 5.32 Å². The van der Waals surface area contributed by atoms with E-state index in [0.717, 1.165) is 16.7 Å². The maximum absolute atomic E-state index is 13.1. The highest BCUT2D eigenvalue weighted by Crippen LogP contribution is 2.25. The number of nitrogens with zero attached hydrogens (tertiary/aromatic N) is 1. The van der Waals surface area contributed by atoms with E-state index in [4.69, 9.17) is 5.26 Å². The molecule has 0 bridgehead atoms. The minimum atomic E-state index is -1.11. The summed E-state index contributed by atoms with van der Waals surface area (Å²) in [5.74, 6) is -2.09. The Morgan fingerprint density at radius 3 is 1.83 bits per heavy atom. The van der Waals surface area contributed by atoms with Crippen LogP contribution in [0.15, 0.2) is 84.9 Å². The van der Waals surface area contributed by atoms with E-state index in [-0.39, 0.29) is 12.3 Å². The molecule has 3 aromatic carbocycles. The maximum atomic E-state index is 13.1. The average molecular weight is 384 g/mol. The van der Waals surface area contributed by atoms with E-state index >= 15 is 0 Å². The molecule has 1 unspecified atom stereocenters. The Morgan fingerprint density at radius 2 is 1.38 bits per heavy atom. The predicted molar refractivity (Wildman–Crippen MR) is 109 cm³/mol. The molecule has 0 radical (unpaired) electrons. The maximum Gasteiger partial charge on any atom is 0.326 e. The Morgan fingerprint density at radius 1 is 0.862 bits per heavy atom. The Kier molecular flexibility index (Phi) is 6.39. The first kappa shape index (κ1) is 19.8. The average Bonchev–Trinajstić information content (AvgIpc) is 2.75. The summed E-state index contributed by atoms with van der Waals surface area (Å²) < 4.78 is 0. The third-order valence-electron chi connectivity index (χ3n) is 4.67. The van der Waals surface area contributed by atoms with Gasteiger partial charge < -0.3 is 10.4 Å². The van der Waals surface area contributed by atoms with Gasteiger partial charge in [0.25, 0.3) is 0 Å². The minimum Gasteiger partial charge on any atom is -0.480 e. The number of carboxylic acid groups (broad SMARTS) is 1. The highest BCUT2D eigenvalue weighted by molar-refractivity contribution is 5.90. The Bertz CT molecular complexity index is 970. The smallest absolute Gasteiger partial charge is 0.326 e. The fourth-order valence-corrected chi connectivity index (χ4v) is 3.19. The van der Waals surface area contributed by atoms with Crippen molar-refractivity contribution in [2.75, 3.05) is 0 Å². The lowest BCUT2D eigenvalue weighted by Gasteiger charge is -2.21. The van der Waals surface area contributed by atoms with Gasteiger partial charge in [-0.3, -0.25) is 4.79 Å². The van der Waals surface area contributed by atoms with Gasteiger partial charge in [0.2, 0.25) is 5.91 Å². The first-order valence-corrected chi connectivity index (χ1v) is 9.20. The molecule has 5 heteroatoms. The number of nitriles is 1. The number of rotatable bonds is 7. The molecule has 2 N–H and O–H groups in total. The van der Waals surface area contributed by atoms with E-state index in [1.54, 1.807) is 24.3 Å². The van der Waals surface area contributed by atoms with E-state index in [0.29, 0.717) is 5.56 Å². The van der Waals surface area contributed by atoms with Gasteiger partial charge in [-0.2, -0.15) is 5.26 Å². The van der Waals surface area contributed by atoms with E-state index in [2.05, 4.69) is 5.32 Å². The van der Waals surface area contributed by atoms with Crippen LogP contribution in [-0.2, 0) is 16.0 Å². The van der Waals surface area contributed by atoms with Gasteiger partial charge in [0.15, 0.2) is 0 Å². The molecule has 0 aliphatic heterocycles. The summed E-state index contributed by atoms with van der Waals surface area (Å²) >= 11 is 0. The molecule has 5 nitrogen and oxygen atoms in total. The van der Waals surface area contributed by atoms with Crippen LogP contribution in [0, 0.1) is 11.3 Å². The lowest BCUT2D eigenvalue weighted by molar-refractivity contribution is -0.141. The number of hydrogen-bond acceptors (Lipinski definition) is 3. The van der Waals surface area contributed by atoms with Crippen molar-refractivity contribution in [3.8, 4) is 6.07 Å². The van der Waals surface area contributed by atoms with Gasteiger partial charge in [-0.15, -0.1) is 0 Å². The zero-order chi connectivity index (χ0) is 20.6. The Labute approximate surface area is 169 Å². The van der Waals surface area contributed by atoms with Gasteiger partial charge in [-0.1, -0.05) is 72.8 Å². The van der Waals surface area contributed by atoms with Gasteiger partial charge in [-0.05, 0) is 28.8 Å². The molecule has 0 heterocycles. The molecule has 0 spiro atoms. The quantitative estimate of drug-likeness (QED) is 0.652. The largest absolute Gasteiger partial charge is 0.480 e. The van der Waals surface area contributed by atoms with Crippen LogP contribution in [0.1, 0.15) is 28.2 Å². The third kappa shape index (κ3) is 5.08. The van der Waals surface area contributed by atoms with Crippen molar-refractivity contribution < 1.29 is 14.7 Å². The topological polar surface area (TPSA) is 90.2 Å². The number of aliphatic carboxylic acids is 1. The second-order valence-electron chi connectivity index (χ2n) is 6.67. The van der Waals surface area contributed by atoms with Crippen LogP contribution in [0.5, 0.6) is 0 Å². The van der Waals surface area contributed by atoms with Crippen LogP contribution < -0.4 is 5.32 Å². The molecule has 0 saturated heterocycles. The molecule has 0 aliphatic rings. The molecule has 29 heavy (non-hydrogen) atoms. The Hall–Kier alpha value is -3.91. The fraction of sp³-hybridized carbons (Fsp3) is 0.125. The van der Waals surface area contributed by atoms with Crippen molar-refractivity contribution in [3.63, 3.8) is 0 Å². The minimum absolute atomic E-state index is 0.128. The monoisotopic (exact) mass is 384 g/mol. The Balaban J connectivity index is 1.84. The van der Waals surface area contributed by atoms with Crippen molar-refractivity contribution in [2.24, 2.45) is 0 Å². The number of carboxylic acids is 1. The first-order valence-electron chi connectivity index (χ1n) is 9.20. The van der Waals surface area contributed by atoms with Crippen LogP contribution in [0.3, 0.4) is 0 Å². The summed E-state index contributed by atoms with van der Waals surface area (Å²) in [4.78, 5) is 24.9. The number of benzene rings is 3. The van der Waals surface area contributed by atoms with Crippen molar-refractivity contribution in [3.05, 3.63) is 107 Å². The van der Waals surface area contributed by atoms with E-state index in [1.165, 1.54) is 0 Å². The zero-order valence-electron chi connectivity index (χ0n) is 15.7. The highest BCUT2D eigenvalue weighted by Gasteiger charge is 2.27. The van der Waals surface area contributed by atoms with Crippen molar-refractivity contribution >= 4 is 11.9 Å². The molecule has 3 aromatic rings. The van der Waals surface area contributed by atoms with Crippen LogP contribution in [0.2, 0.25) is 0 Å². The molecule has 0 saturated carbocycles. The molecule has 3 rings (SSSR count). The molecule has 1 atom stereocenters. The molecule has 144 valence electrons. The van der Waals surface area contributed by atoms with Crippen LogP contribution in [-0.4, -0.2) is 23.0 Å².